The highest BCUT2D eigenvalue weighted by Gasteiger charge is 2.22. The van der Waals surface area contributed by atoms with Crippen LogP contribution < -0.4 is 5.32 Å². The van der Waals surface area contributed by atoms with Crippen molar-refractivity contribution in [1.29, 1.82) is 0 Å². The van der Waals surface area contributed by atoms with Crippen molar-refractivity contribution < 1.29 is 9.18 Å². The molecule has 1 aliphatic rings. The molecule has 0 radical (unpaired) electrons. The predicted octanol–water partition coefficient (Wildman–Crippen LogP) is 3.93. The number of urea groups is 1. The number of benzene rings is 1. The van der Waals surface area contributed by atoms with Crippen molar-refractivity contribution in [3.05, 3.63) is 29.6 Å². The maximum absolute atomic E-state index is 13.4. The highest BCUT2D eigenvalue weighted by atomic mass is 19.1. The van der Waals surface area contributed by atoms with E-state index in [-0.39, 0.29) is 11.8 Å². The van der Waals surface area contributed by atoms with E-state index in [4.69, 9.17) is 0 Å². The normalized spacial score (nSPS) is 16.2. The van der Waals surface area contributed by atoms with Gasteiger partial charge in [0.2, 0.25) is 0 Å². The summed E-state index contributed by atoms with van der Waals surface area (Å²) < 4.78 is 13.4. The fraction of sp³-hybridized carbons (Fsp3) is 0.533. The van der Waals surface area contributed by atoms with Gasteiger partial charge in [0, 0.05) is 18.8 Å². The van der Waals surface area contributed by atoms with Gasteiger partial charge in [0.25, 0.3) is 0 Å². The van der Waals surface area contributed by atoms with Crippen molar-refractivity contribution in [1.82, 2.24) is 4.90 Å². The van der Waals surface area contributed by atoms with Crippen LogP contribution in [-0.2, 0) is 0 Å². The smallest absolute Gasteiger partial charge is 0.321 e. The first-order valence-electron chi connectivity index (χ1n) is 6.88. The van der Waals surface area contributed by atoms with Crippen molar-refractivity contribution in [3.8, 4) is 0 Å². The van der Waals surface area contributed by atoms with Gasteiger partial charge in [-0.25, -0.2) is 9.18 Å². The summed E-state index contributed by atoms with van der Waals surface area (Å²) in [6.07, 6.45) is 5.75. The zero-order valence-corrected chi connectivity index (χ0v) is 11.6. The lowest BCUT2D eigenvalue weighted by Gasteiger charge is -2.31. The van der Waals surface area contributed by atoms with E-state index < -0.39 is 0 Å². The third kappa shape index (κ3) is 3.46. The van der Waals surface area contributed by atoms with Crippen LogP contribution in [-0.4, -0.2) is 24.0 Å². The third-order valence-electron chi connectivity index (χ3n) is 3.87. The Morgan fingerprint density at radius 2 is 2.00 bits per heavy atom. The monoisotopic (exact) mass is 264 g/mol. The van der Waals surface area contributed by atoms with Gasteiger partial charge in [0.1, 0.15) is 5.82 Å². The molecule has 0 saturated heterocycles. The van der Waals surface area contributed by atoms with Crippen LogP contribution in [0.2, 0.25) is 0 Å². The Morgan fingerprint density at radius 3 is 2.63 bits per heavy atom. The average molecular weight is 264 g/mol. The molecule has 0 spiro atoms. The minimum absolute atomic E-state index is 0.157. The Kier molecular flexibility index (Phi) is 4.40. The number of nitrogens with zero attached hydrogens (tertiary/aromatic N) is 1. The number of aryl methyl sites for hydroxylation is 1. The van der Waals surface area contributed by atoms with E-state index in [1.807, 2.05) is 7.05 Å². The van der Waals surface area contributed by atoms with E-state index in [1.54, 1.807) is 24.0 Å². The lowest BCUT2D eigenvalue weighted by atomic mass is 9.95. The Bertz CT molecular complexity index is 455. The highest BCUT2D eigenvalue weighted by molar-refractivity contribution is 5.89. The Morgan fingerprint density at radius 1 is 1.32 bits per heavy atom. The van der Waals surface area contributed by atoms with Crippen molar-refractivity contribution in [2.45, 2.75) is 45.1 Å². The maximum Gasteiger partial charge on any atom is 0.321 e. The Labute approximate surface area is 113 Å². The third-order valence-corrected chi connectivity index (χ3v) is 3.87. The summed E-state index contributed by atoms with van der Waals surface area (Å²) in [5.41, 5.74) is 1.09. The van der Waals surface area contributed by atoms with Crippen LogP contribution >= 0.6 is 0 Å². The molecule has 2 rings (SSSR count). The van der Waals surface area contributed by atoms with Gasteiger partial charge >= 0.3 is 6.03 Å². The first kappa shape index (κ1) is 13.8. The lowest BCUT2D eigenvalue weighted by molar-refractivity contribution is 0.186. The van der Waals surface area contributed by atoms with Crippen molar-refractivity contribution in [3.63, 3.8) is 0 Å². The first-order valence-corrected chi connectivity index (χ1v) is 6.88. The van der Waals surface area contributed by atoms with Gasteiger partial charge in [-0.05, 0) is 37.5 Å². The molecular weight excluding hydrogens is 243 g/mol. The fourth-order valence-corrected chi connectivity index (χ4v) is 2.52. The molecular formula is C15H21FN2O. The van der Waals surface area contributed by atoms with Gasteiger partial charge in [0.15, 0.2) is 0 Å². The zero-order chi connectivity index (χ0) is 13.8. The summed E-state index contributed by atoms with van der Waals surface area (Å²) in [5.74, 6) is -0.293. The number of nitrogens with one attached hydrogen (secondary N) is 1. The SMILES string of the molecule is Cc1ccc(NC(=O)N(C)C2CCCCC2)cc1F. The van der Waals surface area contributed by atoms with Crippen molar-refractivity contribution in [2.24, 2.45) is 0 Å². The van der Waals surface area contributed by atoms with Crippen LogP contribution in [0.3, 0.4) is 0 Å². The minimum atomic E-state index is -0.293. The number of carbonyl (C=O) groups excluding carboxylic acids is 1. The minimum Gasteiger partial charge on any atom is -0.325 e. The summed E-state index contributed by atoms with van der Waals surface area (Å²) in [7, 11) is 1.82. The summed E-state index contributed by atoms with van der Waals surface area (Å²) in [6, 6.07) is 4.91. The van der Waals surface area contributed by atoms with E-state index in [9.17, 15) is 9.18 Å². The second-order valence-electron chi connectivity index (χ2n) is 5.30. The van der Waals surface area contributed by atoms with Gasteiger partial charge in [-0.2, -0.15) is 0 Å². The number of rotatable bonds is 2. The maximum atomic E-state index is 13.4. The van der Waals surface area contributed by atoms with Crippen LogP contribution in [0.4, 0.5) is 14.9 Å². The van der Waals surface area contributed by atoms with Crippen LogP contribution in [0.1, 0.15) is 37.7 Å². The number of carbonyl (C=O) groups is 1. The molecule has 4 heteroatoms. The summed E-state index contributed by atoms with van der Waals surface area (Å²) in [6.45, 7) is 1.70. The number of hydrogen-bond acceptors (Lipinski definition) is 1. The summed E-state index contributed by atoms with van der Waals surface area (Å²) in [5, 5.41) is 2.75. The van der Waals surface area contributed by atoms with Crippen LogP contribution in [0.5, 0.6) is 0 Å². The highest BCUT2D eigenvalue weighted by Crippen LogP contribution is 2.22. The van der Waals surface area contributed by atoms with Crippen LogP contribution in [0.15, 0.2) is 18.2 Å². The van der Waals surface area contributed by atoms with E-state index in [2.05, 4.69) is 5.32 Å². The second-order valence-corrected chi connectivity index (χ2v) is 5.30. The van der Waals surface area contributed by atoms with E-state index in [0.717, 1.165) is 12.8 Å². The van der Waals surface area contributed by atoms with E-state index in [1.165, 1.54) is 25.3 Å². The quantitative estimate of drug-likeness (QED) is 0.862. The lowest BCUT2D eigenvalue weighted by Crippen LogP contribution is -2.40. The molecule has 2 amide bonds. The van der Waals surface area contributed by atoms with E-state index >= 15 is 0 Å². The molecule has 0 aromatic heterocycles. The van der Waals surface area contributed by atoms with E-state index in [0.29, 0.717) is 17.3 Å². The number of hydrogen-bond donors (Lipinski definition) is 1. The molecule has 0 unspecified atom stereocenters. The van der Waals surface area contributed by atoms with Gasteiger partial charge in [-0.1, -0.05) is 25.3 Å². The Balaban J connectivity index is 1.97. The molecule has 1 N–H and O–H groups in total. The standard InChI is InChI=1S/C15H21FN2O/c1-11-8-9-12(10-14(11)16)17-15(19)18(2)13-6-4-3-5-7-13/h8-10,13H,3-7H2,1-2H3,(H,17,19). The number of halogens is 1. The molecule has 19 heavy (non-hydrogen) atoms. The average Bonchev–Trinajstić information content (AvgIpc) is 2.43. The van der Waals surface area contributed by atoms with Crippen LogP contribution in [0, 0.1) is 12.7 Å². The molecule has 1 saturated carbocycles. The molecule has 0 aliphatic heterocycles. The van der Waals surface area contributed by atoms with Gasteiger partial charge in [-0.15, -0.1) is 0 Å². The molecule has 0 bridgehead atoms. The predicted molar refractivity (Wildman–Crippen MR) is 74.8 cm³/mol. The molecule has 0 heterocycles. The largest absolute Gasteiger partial charge is 0.325 e. The Hall–Kier alpha value is -1.58. The van der Waals surface area contributed by atoms with Gasteiger partial charge in [0.05, 0.1) is 0 Å². The topological polar surface area (TPSA) is 32.3 Å². The van der Waals surface area contributed by atoms with Gasteiger partial charge < -0.3 is 10.2 Å². The summed E-state index contributed by atoms with van der Waals surface area (Å²) in [4.78, 5) is 13.8. The summed E-state index contributed by atoms with van der Waals surface area (Å²) >= 11 is 0. The molecule has 3 nitrogen and oxygen atoms in total. The molecule has 1 fully saturated rings. The molecule has 0 atom stereocenters. The molecule has 1 aromatic carbocycles. The molecule has 104 valence electrons. The zero-order valence-electron chi connectivity index (χ0n) is 11.6. The molecule has 1 aromatic rings. The molecule has 1 aliphatic carbocycles. The number of amides is 2. The van der Waals surface area contributed by atoms with Crippen molar-refractivity contribution in [2.75, 3.05) is 12.4 Å². The first-order chi connectivity index (χ1) is 9.08. The van der Waals surface area contributed by atoms with Gasteiger partial charge in [-0.3, -0.25) is 0 Å². The van der Waals surface area contributed by atoms with Crippen molar-refractivity contribution >= 4 is 11.7 Å². The van der Waals surface area contributed by atoms with Crippen LogP contribution in [0.25, 0.3) is 0 Å². The number of anilines is 1. The fourth-order valence-electron chi connectivity index (χ4n) is 2.52. The second kappa shape index (κ2) is 6.04.